The van der Waals surface area contributed by atoms with E-state index in [1.807, 2.05) is 0 Å². The summed E-state index contributed by atoms with van der Waals surface area (Å²) in [5, 5.41) is 7.23. The topological polar surface area (TPSA) is 28.7 Å². The number of rotatable bonds is 0. The Labute approximate surface area is 80.8 Å². The summed E-state index contributed by atoms with van der Waals surface area (Å²) < 4.78 is 13.5. The lowest BCUT2D eigenvalue weighted by molar-refractivity contribution is 0.630. The van der Waals surface area contributed by atoms with Gasteiger partial charge in [0.1, 0.15) is 10.4 Å². The van der Waals surface area contributed by atoms with Crippen molar-refractivity contribution in [1.29, 1.82) is 0 Å². The molecule has 5 heteroatoms. The van der Waals surface area contributed by atoms with Crippen LogP contribution in [0.25, 0.3) is 10.9 Å². The van der Waals surface area contributed by atoms with Gasteiger partial charge in [-0.15, -0.1) is 0 Å². The number of fused-ring (bicyclic) bond motifs is 1. The van der Waals surface area contributed by atoms with Crippen molar-refractivity contribution >= 4 is 38.4 Å². The molecule has 0 amide bonds. The molecule has 0 radical (unpaired) electrons. The summed E-state index contributed by atoms with van der Waals surface area (Å²) in [7, 11) is 0. The van der Waals surface area contributed by atoms with Gasteiger partial charge < -0.3 is 0 Å². The number of nitrogens with zero attached hydrogens (tertiary/aromatic N) is 1. The zero-order valence-corrected chi connectivity index (χ0v) is 8.08. The van der Waals surface area contributed by atoms with E-state index in [2.05, 4.69) is 26.1 Å². The van der Waals surface area contributed by atoms with Crippen molar-refractivity contribution in [2.75, 3.05) is 0 Å². The summed E-state index contributed by atoms with van der Waals surface area (Å²) in [5.74, 6) is -0.439. The first-order chi connectivity index (χ1) is 5.70. The second-order valence-corrected chi connectivity index (χ2v) is 3.46. The standard InChI is InChI=1S/C7H3BrClFN2/c8-7-5-4(11-12-7)2-1-3(10)6(5)9/h1-2H,(H,11,12). The smallest absolute Gasteiger partial charge is 0.142 e. The SMILES string of the molecule is Fc1ccc2n[nH]c(Br)c2c1Cl. The van der Waals surface area contributed by atoms with Crippen LogP contribution in [0.2, 0.25) is 5.02 Å². The molecule has 1 heterocycles. The number of aromatic amines is 1. The molecule has 0 bridgehead atoms. The van der Waals surface area contributed by atoms with E-state index >= 15 is 0 Å². The average Bonchev–Trinajstić information content (AvgIpc) is 2.41. The number of benzene rings is 1. The summed E-state index contributed by atoms with van der Waals surface area (Å²) in [5.41, 5.74) is 0.647. The molecule has 2 aromatic rings. The molecular formula is C7H3BrClFN2. The van der Waals surface area contributed by atoms with Crippen LogP contribution in [-0.2, 0) is 0 Å². The first-order valence-corrected chi connectivity index (χ1v) is 4.35. The Morgan fingerprint density at radius 2 is 2.25 bits per heavy atom. The lowest BCUT2D eigenvalue weighted by atomic mass is 10.2. The third-order valence-corrected chi connectivity index (χ3v) is 2.51. The van der Waals surface area contributed by atoms with Crippen molar-refractivity contribution in [3.8, 4) is 0 Å². The van der Waals surface area contributed by atoms with Crippen LogP contribution in [0.1, 0.15) is 0 Å². The average molecular weight is 249 g/mol. The van der Waals surface area contributed by atoms with Gasteiger partial charge in [0.05, 0.1) is 15.9 Å². The van der Waals surface area contributed by atoms with Gasteiger partial charge in [-0.3, -0.25) is 5.10 Å². The number of hydrogen-bond acceptors (Lipinski definition) is 1. The molecule has 12 heavy (non-hydrogen) atoms. The third-order valence-electron chi connectivity index (χ3n) is 1.57. The molecule has 0 aliphatic heterocycles. The monoisotopic (exact) mass is 248 g/mol. The summed E-state index contributed by atoms with van der Waals surface area (Å²) in [6, 6.07) is 2.86. The fourth-order valence-corrected chi connectivity index (χ4v) is 1.87. The van der Waals surface area contributed by atoms with Crippen molar-refractivity contribution in [3.05, 3.63) is 27.6 Å². The van der Waals surface area contributed by atoms with Gasteiger partial charge in [-0.2, -0.15) is 5.10 Å². The van der Waals surface area contributed by atoms with Gasteiger partial charge in [0, 0.05) is 0 Å². The molecule has 0 atom stereocenters. The van der Waals surface area contributed by atoms with Crippen LogP contribution in [-0.4, -0.2) is 10.2 Å². The number of hydrogen-bond donors (Lipinski definition) is 1. The van der Waals surface area contributed by atoms with E-state index < -0.39 is 5.82 Å². The van der Waals surface area contributed by atoms with Crippen LogP contribution >= 0.6 is 27.5 Å². The van der Waals surface area contributed by atoms with E-state index in [9.17, 15) is 4.39 Å². The number of aromatic nitrogens is 2. The van der Waals surface area contributed by atoms with Crippen LogP contribution in [0.5, 0.6) is 0 Å². The molecule has 1 N–H and O–H groups in total. The summed E-state index contributed by atoms with van der Waals surface area (Å²) in [6.07, 6.45) is 0. The largest absolute Gasteiger partial charge is 0.270 e. The van der Waals surface area contributed by atoms with Gasteiger partial charge in [0.15, 0.2) is 0 Å². The fraction of sp³-hybridized carbons (Fsp3) is 0. The van der Waals surface area contributed by atoms with Gasteiger partial charge in [-0.1, -0.05) is 11.6 Å². The highest BCUT2D eigenvalue weighted by molar-refractivity contribution is 9.10. The van der Waals surface area contributed by atoms with Crippen LogP contribution < -0.4 is 0 Å². The van der Waals surface area contributed by atoms with E-state index in [0.717, 1.165) is 0 Å². The van der Waals surface area contributed by atoms with Crippen LogP contribution in [0, 0.1) is 5.82 Å². The number of nitrogens with one attached hydrogen (secondary N) is 1. The first-order valence-electron chi connectivity index (χ1n) is 3.17. The van der Waals surface area contributed by atoms with E-state index in [1.165, 1.54) is 6.07 Å². The van der Waals surface area contributed by atoms with Crippen LogP contribution in [0.4, 0.5) is 4.39 Å². The Morgan fingerprint density at radius 1 is 1.50 bits per heavy atom. The molecule has 62 valence electrons. The number of halogens is 3. The zero-order chi connectivity index (χ0) is 8.72. The lowest BCUT2D eigenvalue weighted by Gasteiger charge is -1.94. The molecule has 2 nitrogen and oxygen atoms in total. The molecule has 0 saturated carbocycles. The molecule has 1 aromatic carbocycles. The van der Waals surface area contributed by atoms with Gasteiger partial charge in [0.2, 0.25) is 0 Å². The maximum Gasteiger partial charge on any atom is 0.142 e. The molecule has 0 spiro atoms. The molecule has 0 saturated heterocycles. The number of H-pyrrole nitrogens is 1. The minimum Gasteiger partial charge on any atom is -0.270 e. The molecule has 2 rings (SSSR count). The van der Waals surface area contributed by atoms with Crippen LogP contribution in [0.15, 0.2) is 16.7 Å². The van der Waals surface area contributed by atoms with Crippen molar-refractivity contribution in [3.63, 3.8) is 0 Å². The van der Waals surface area contributed by atoms with E-state index in [-0.39, 0.29) is 5.02 Å². The summed E-state index contributed by atoms with van der Waals surface area (Å²) >= 11 is 8.89. The Balaban J connectivity index is 2.96. The van der Waals surface area contributed by atoms with Crippen molar-refractivity contribution in [2.24, 2.45) is 0 Å². The highest BCUT2D eigenvalue weighted by Crippen LogP contribution is 2.30. The maximum absolute atomic E-state index is 12.9. The highest BCUT2D eigenvalue weighted by Gasteiger charge is 2.10. The Hall–Kier alpha value is -0.610. The second kappa shape index (κ2) is 2.71. The quantitative estimate of drug-likeness (QED) is 0.763. The molecular weight excluding hydrogens is 246 g/mol. The van der Waals surface area contributed by atoms with Crippen molar-refractivity contribution < 1.29 is 4.39 Å². The Bertz CT molecular complexity index is 440. The zero-order valence-electron chi connectivity index (χ0n) is 5.74. The Morgan fingerprint density at radius 3 is 3.00 bits per heavy atom. The third kappa shape index (κ3) is 1.03. The second-order valence-electron chi connectivity index (χ2n) is 2.29. The lowest BCUT2D eigenvalue weighted by Crippen LogP contribution is -1.76. The molecule has 1 aromatic heterocycles. The normalized spacial score (nSPS) is 10.9. The summed E-state index contributed by atoms with van der Waals surface area (Å²) in [4.78, 5) is 0. The first kappa shape index (κ1) is 8.01. The van der Waals surface area contributed by atoms with Crippen molar-refractivity contribution in [1.82, 2.24) is 10.2 Å². The maximum atomic E-state index is 12.9. The Kier molecular flexibility index (Phi) is 1.81. The van der Waals surface area contributed by atoms with Gasteiger partial charge in [0.25, 0.3) is 0 Å². The van der Waals surface area contributed by atoms with Gasteiger partial charge in [-0.05, 0) is 28.1 Å². The van der Waals surface area contributed by atoms with Gasteiger partial charge >= 0.3 is 0 Å². The minimum atomic E-state index is -0.439. The molecule has 0 fully saturated rings. The predicted molar refractivity (Wildman–Crippen MR) is 48.8 cm³/mol. The molecule has 0 aliphatic rings. The van der Waals surface area contributed by atoms with E-state index in [1.54, 1.807) is 6.07 Å². The fourth-order valence-electron chi connectivity index (χ4n) is 1.01. The van der Waals surface area contributed by atoms with E-state index in [0.29, 0.717) is 15.5 Å². The van der Waals surface area contributed by atoms with E-state index in [4.69, 9.17) is 11.6 Å². The van der Waals surface area contributed by atoms with Crippen LogP contribution in [0.3, 0.4) is 0 Å². The minimum absolute atomic E-state index is 0.0909. The predicted octanol–water partition coefficient (Wildman–Crippen LogP) is 3.12. The molecule has 0 unspecified atom stereocenters. The van der Waals surface area contributed by atoms with Gasteiger partial charge in [-0.25, -0.2) is 4.39 Å². The molecule has 0 aliphatic carbocycles. The highest BCUT2D eigenvalue weighted by atomic mass is 79.9. The van der Waals surface area contributed by atoms with Crippen molar-refractivity contribution in [2.45, 2.75) is 0 Å². The summed E-state index contributed by atoms with van der Waals surface area (Å²) in [6.45, 7) is 0.